The molecule has 0 spiro atoms. The largest absolute Gasteiger partial charge is 0.494 e. The number of piperidine rings is 1. The number of guanidine groups is 1. The molecule has 1 saturated heterocycles. The SMILES string of the molecule is CCNC(=NCCNC(=O)C(C)C)NC1CCN(Cc2ccc(OC)c(F)c2)CC1. The summed E-state index contributed by atoms with van der Waals surface area (Å²) in [7, 11) is 1.47. The maximum atomic E-state index is 13.9. The van der Waals surface area contributed by atoms with Crippen LogP contribution < -0.4 is 20.7 Å². The van der Waals surface area contributed by atoms with Crippen LogP contribution in [0.15, 0.2) is 23.2 Å². The highest BCUT2D eigenvalue weighted by molar-refractivity contribution is 5.80. The number of nitrogens with zero attached hydrogens (tertiary/aromatic N) is 2. The van der Waals surface area contributed by atoms with E-state index in [2.05, 4.69) is 25.8 Å². The monoisotopic (exact) mass is 421 g/mol. The van der Waals surface area contributed by atoms with Crippen molar-refractivity contribution in [2.45, 2.75) is 46.2 Å². The predicted octanol–water partition coefficient (Wildman–Crippen LogP) is 2.13. The van der Waals surface area contributed by atoms with Crippen LogP contribution in [0.4, 0.5) is 4.39 Å². The fraction of sp³-hybridized carbons (Fsp3) is 0.636. The summed E-state index contributed by atoms with van der Waals surface area (Å²) in [4.78, 5) is 18.5. The van der Waals surface area contributed by atoms with Crippen molar-refractivity contribution in [3.05, 3.63) is 29.6 Å². The van der Waals surface area contributed by atoms with E-state index in [0.29, 0.717) is 19.1 Å². The molecule has 1 aliphatic heterocycles. The molecule has 0 unspecified atom stereocenters. The van der Waals surface area contributed by atoms with Crippen LogP contribution in [0.3, 0.4) is 0 Å². The van der Waals surface area contributed by atoms with Crippen molar-refractivity contribution in [1.29, 1.82) is 0 Å². The van der Waals surface area contributed by atoms with Gasteiger partial charge < -0.3 is 20.7 Å². The molecule has 0 aromatic heterocycles. The zero-order chi connectivity index (χ0) is 21.9. The first-order valence-corrected chi connectivity index (χ1v) is 10.8. The third kappa shape index (κ3) is 7.82. The molecule has 2 rings (SSSR count). The summed E-state index contributed by atoms with van der Waals surface area (Å²) in [6.07, 6.45) is 1.99. The van der Waals surface area contributed by atoms with E-state index >= 15 is 0 Å². The van der Waals surface area contributed by atoms with Crippen molar-refractivity contribution in [1.82, 2.24) is 20.9 Å². The lowest BCUT2D eigenvalue weighted by Crippen LogP contribution is -2.48. The average Bonchev–Trinajstić information content (AvgIpc) is 2.72. The van der Waals surface area contributed by atoms with Crippen LogP contribution in [0.5, 0.6) is 5.75 Å². The Morgan fingerprint density at radius 1 is 1.30 bits per heavy atom. The van der Waals surface area contributed by atoms with Gasteiger partial charge in [-0.1, -0.05) is 19.9 Å². The second-order valence-electron chi connectivity index (χ2n) is 7.87. The molecule has 168 valence electrons. The minimum absolute atomic E-state index is 0.0139. The Balaban J connectivity index is 1.77. The van der Waals surface area contributed by atoms with Gasteiger partial charge in [-0.2, -0.15) is 0 Å². The molecule has 30 heavy (non-hydrogen) atoms. The lowest BCUT2D eigenvalue weighted by Gasteiger charge is -2.33. The molecule has 1 aromatic rings. The van der Waals surface area contributed by atoms with Crippen LogP contribution in [0, 0.1) is 11.7 Å². The quantitative estimate of drug-likeness (QED) is 0.323. The number of ether oxygens (including phenoxy) is 1. The van der Waals surface area contributed by atoms with Crippen LogP contribution in [-0.2, 0) is 11.3 Å². The Hall–Kier alpha value is -2.35. The summed E-state index contributed by atoms with van der Waals surface area (Å²) in [5.41, 5.74) is 0.957. The fourth-order valence-electron chi connectivity index (χ4n) is 3.37. The highest BCUT2D eigenvalue weighted by Crippen LogP contribution is 2.20. The van der Waals surface area contributed by atoms with E-state index in [1.807, 2.05) is 26.8 Å². The van der Waals surface area contributed by atoms with Gasteiger partial charge in [-0.3, -0.25) is 14.7 Å². The zero-order valence-electron chi connectivity index (χ0n) is 18.6. The molecule has 7 nitrogen and oxygen atoms in total. The Kier molecular flexibility index (Phi) is 9.86. The molecular formula is C22H36FN5O2. The van der Waals surface area contributed by atoms with Crippen molar-refractivity contribution < 1.29 is 13.9 Å². The molecule has 1 heterocycles. The summed E-state index contributed by atoms with van der Waals surface area (Å²) < 4.78 is 18.9. The van der Waals surface area contributed by atoms with Crippen molar-refractivity contribution in [3.63, 3.8) is 0 Å². The van der Waals surface area contributed by atoms with Gasteiger partial charge in [-0.05, 0) is 37.5 Å². The van der Waals surface area contributed by atoms with E-state index < -0.39 is 0 Å². The smallest absolute Gasteiger partial charge is 0.222 e. The Labute approximate surface area is 179 Å². The van der Waals surface area contributed by atoms with Crippen molar-refractivity contribution in [2.24, 2.45) is 10.9 Å². The van der Waals surface area contributed by atoms with Crippen LogP contribution in [-0.4, -0.2) is 62.6 Å². The molecule has 0 radical (unpaired) electrons. The van der Waals surface area contributed by atoms with E-state index in [9.17, 15) is 9.18 Å². The van der Waals surface area contributed by atoms with Gasteiger partial charge in [0.05, 0.1) is 13.7 Å². The van der Waals surface area contributed by atoms with Crippen LogP contribution in [0.1, 0.15) is 39.2 Å². The number of methoxy groups -OCH3 is 1. The molecule has 1 aromatic carbocycles. The third-order valence-electron chi connectivity index (χ3n) is 5.10. The molecule has 0 aliphatic carbocycles. The molecule has 1 aliphatic rings. The number of likely N-dealkylation sites (tertiary alicyclic amines) is 1. The molecule has 8 heteroatoms. The minimum Gasteiger partial charge on any atom is -0.494 e. The molecule has 0 atom stereocenters. The maximum absolute atomic E-state index is 13.9. The topological polar surface area (TPSA) is 78.0 Å². The van der Waals surface area contributed by atoms with Gasteiger partial charge in [-0.15, -0.1) is 0 Å². The van der Waals surface area contributed by atoms with E-state index in [1.54, 1.807) is 12.1 Å². The Morgan fingerprint density at radius 3 is 2.63 bits per heavy atom. The second-order valence-corrected chi connectivity index (χ2v) is 7.87. The van der Waals surface area contributed by atoms with Gasteiger partial charge >= 0.3 is 0 Å². The standard InChI is InChI=1S/C22H36FN5O2/c1-5-24-22(26-11-10-25-21(29)16(2)3)27-18-8-12-28(13-9-18)15-17-6-7-20(30-4)19(23)14-17/h6-7,14,16,18H,5,8-13,15H2,1-4H3,(H,25,29)(H2,24,26,27). The van der Waals surface area contributed by atoms with Crippen molar-refractivity contribution in [2.75, 3.05) is 39.8 Å². The van der Waals surface area contributed by atoms with Gasteiger partial charge in [0.2, 0.25) is 5.91 Å². The number of carbonyl (C=O) groups excluding carboxylic acids is 1. The number of carbonyl (C=O) groups is 1. The van der Waals surface area contributed by atoms with Crippen molar-refractivity contribution >= 4 is 11.9 Å². The van der Waals surface area contributed by atoms with Gasteiger partial charge in [0.1, 0.15) is 0 Å². The fourth-order valence-corrected chi connectivity index (χ4v) is 3.37. The first kappa shape index (κ1) is 23.9. The van der Waals surface area contributed by atoms with E-state index in [4.69, 9.17) is 4.74 Å². The number of amides is 1. The van der Waals surface area contributed by atoms with E-state index in [-0.39, 0.29) is 23.4 Å². The maximum Gasteiger partial charge on any atom is 0.222 e. The van der Waals surface area contributed by atoms with Crippen molar-refractivity contribution in [3.8, 4) is 5.75 Å². The number of hydrogen-bond donors (Lipinski definition) is 3. The molecule has 0 bridgehead atoms. The van der Waals surface area contributed by atoms with E-state index in [0.717, 1.165) is 50.5 Å². The molecule has 1 amide bonds. The minimum atomic E-state index is -0.317. The highest BCUT2D eigenvalue weighted by atomic mass is 19.1. The molecule has 0 saturated carbocycles. The zero-order valence-corrected chi connectivity index (χ0v) is 18.6. The summed E-state index contributed by atoms with van der Waals surface area (Å²) in [5.74, 6) is 0.780. The van der Waals surface area contributed by atoms with Gasteiger partial charge in [-0.25, -0.2) is 4.39 Å². The van der Waals surface area contributed by atoms with Crippen LogP contribution in [0.2, 0.25) is 0 Å². The molecule has 1 fully saturated rings. The third-order valence-corrected chi connectivity index (χ3v) is 5.10. The predicted molar refractivity (Wildman–Crippen MR) is 118 cm³/mol. The number of rotatable bonds is 9. The lowest BCUT2D eigenvalue weighted by molar-refractivity contribution is -0.123. The first-order valence-electron chi connectivity index (χ1n) is 10.8. The Bertz CT molecular complexity index is 703. The number of aliphatic imine (C=N–C) groups is 1. The van der Waals surface area contributed by atoms with Gasteiger partial charge in [0, 0.05) is 44.7 Å². The second kappa shape index (κ2) is 12.4. The van der Waals surface area contributed by atoms with E-state index in [1.165, 1.54) is 7.11 Å². The van der Waals surface area contributed by atoms with Crippen LogP contribution in [0.25, 0.3) is 0 Å². The molecule has 3 N–H and O–H groups in total. The summed E-state index contributed by atoms with van der Waals surface area (Å²) in [6, 6.07) is 5.50. The number of benzene rings is 1. The lowest BCUT2D eigenvalue weighted by atomic mass is 10.0. The highest BCUT2D eigenvalue weighted by Gasteiger charge is 2.20. The summed E-state index contributed by atoms with van der Waals surface area (Å²) >= 11 is 0. The Morgan fingerprint density at radius 2 is 2.03 bits per heavy atom. The summed E-state index contributed by atoms with van der Waals surface area (Å²) in [6.45, 7) is 10.3. The first-order chi connectivity index (χ1) is 14.4. The normalized spacial score (nSPS) is 15.9. The summed E-state index contributed by atoms with van der Waals surface area (Å²) in [5, 5.41) is 9.65. The van der Waals surface area contributed by atoms with Gasteiger partial charge in [0.15, 0.2) is 17.5 Å². The number of halogens is 1. The van der Waals surface area contributed by atoms with Gasteiger partial charge in [0.25, 0.3) is 0 Å². The molecular weight excluding hydrogens is 385 g/mol. The number of nitrogens with one attached hydrogen (secondary N) is 3. The van der Waals surface area contributed by atoms with Crippen LogP contribution >= 0.6 is 0 Å². The number of hydrogen-bond acceptors (Lipinski definition) is 4. The average molecular weight is 422 g/mol.